The predicted molar refractivity (Wildman–Crippen MR) is 67.4 cm³/mol. The van der Waals surface area contributed by atoms with Gasteiger partial charge >= 0.3 is 0 Å². The summed E-state index contributed by atoms with van der Waals surface area (Å²) >= 11 is 0. The molecule has 0 radical (unpaired) electrons. The van der Waals surface area contributed by atoms with Gasteiger partial charge in [0.2, 0.25) is 0 Å². The fraction of sp³-hybridized carbons (Fsp3) is 1.00. The molecule has 0 unspecified atom stereocenters. The average Bonchev–Trinajstić information content (AvgIpc) is 2.31. The highest BCUT2D eigenvalue weighted by molar-refractivity contribution is 4.48. The van der Waals surface area contributed by atoms with Gasteiger partial charge in [0.05, 0.1) is 13.3 Å². The predicted octanol–water partition coefficient (Wildman–Crippen LogP) is 5.61. The molecule has 0 atom stereocenters. The lowest BCUT2D eigenvalue weighted by Gasteiger charge is -2.01. The Balaban J connectivity index is 2.83. The molecular weight excluding hydrogens is 206 g/mol. The van der Waals surface area contributed by atoms with Crippen LogP contribution in [0.4, 0.5) is 8.78 Å². The summed E-state index contributed by atoms with van der Waals surface area (Å²) < 4.78 is 23.5. The fourth-order valence-corrected chi connectivity index (χ4v) is 1.96. The molecule has 0 rings (SSSR count). The van der Waals surface area contributed by atoms with E-state index in [-0.39, 0.29) is 13.3 Å². The van der Waals surface area contributed by atoms with E-state index in [0.717, 1.165) is 25.7 Å². The molecule has 0 spiro atoms. The number of rotatable bonds is 13. The standard InChI is InChI=1S/C14H28F2/c15-13-11-9-7-5-3-1-2-4-6-8-10-12-14-16/h1-14H2. The lowest BCUT2D eigenvalue weighted by atomic mass is 10.1. The fourth-order valence-electron chi connectivity index (χ4n) is 1.96. The van der Waals surface area contributed by atoms with Crippen molar-refractivity contribution in [1.29, 1.82) is 0 Å². The molecule has 0 aliphatic heterocycles. The third-order valence-electron chi connectivity index (χ3n) is 3.02. The van der Waals surface area contributed by atoms with Crippen molar-refractivity contribution in [1.82, 2.24) is 0 Å². The Labute approximate surface area is 99.8 Å². The molecule has 0 fully saturated rings. The van der Waals surface area contributed by atoms with Gasteiger partial charge in [0, 0.05) is 0 Å². The van der Waals surface area contributed by atoms with Gasteiger partial charge in [0.25, 0.3) is 0 Å². The van der Waals surface area contributed by atoms with E-state index in [1.807, 2.05) is 0 Å². The van der Waals surface area contributed by atoms with Crippen molar-refractivity contribution in [2.24, 2.45) is 0 Å². The van der Waals surface area contributed by atoms with Crippen molar-refractivity contribution in [3.63, 3.8) is 0 Å². The molecule has 0 aromatic carbocycles. The lowest BCUT2D eigenvalue weighted by molar-refractivity contribution is 0.444. The molecule has 0 aliphatic rings. The summed E-state index contributed by atoms with van der Waals surface area (Å²) in [6, 6.07) is 0. The van der Waals surface area contributed by atoms with E-state index < -0.39 is 0 Å². The summed E-state index contributed by atoms with van der Waals surface area (Å²) in [5.41, 5.74) is 0. The van der Waals surface area contributed by atoms with E-state index >= 15 is 0 Å². The Bertz CT molecular complexity index is 101. The number of hydrogen-bond acceptors (Lipinski definition) is 0. The largest absolute Gasteiger partial charge is 0.251 e. The van der Waals surface area contributed by atoms with E-state index in [1.54, 1.807) is 0 Å². The molecule has 0 nitrogen and oxygen atoms in total. The Morgan fingerprint density at radius 2 is 0.500 bits per heavy atom. The van der Waals surface area contributed by atoms with Crippen molar-refractivity contribution in [2.75, 3.05) is 13.3 Å². The molecule has 0 saturated heterocycles. The molecule has 16 heavy (non-hydrogen) atoms. The topological polar surface area (TPSA) is 0 Å². The van der Waals surface area contributed by atoms with Crippen LogP contribution in [0.5, 0.6) is 0 Å². The maximum absolute atomic E-state index is 11.8. The van der Waals surface area contributed by atoms with Crippen LogP contribution >= 0.6 is 0 Å². The number of alkyl halides is 2. The van der Waals surface area contributed by atoms with Crippen LogP contribution in [0.3, 0.4) is 0 Å². The first-order chi connectivity index (χ1) is 7.91. The summed E-state index contributed by atoms with van der Waals surface area (Å²) in [5.74, 6) is 0. The first-order valence-corrected chi connectivity index (χ1v) is 7.03. The van der Waals surface area contributed by atoms with E-state index in [2.05, 4.69) is 0 Å². The maximum Gasteiger partial charge on any atom is 0.0894 e. The minimum atomic E-state index is -0.154. The number of unbranched alkanes of at least 4 members (excludes halogenated alkanes) is 11. The highest BCUT2D eigenvalue weighted by Crippen LogP contribution is 2.11. The number of hydrogen-bond donors (Lipinski definition) is 0. The Hall–Kier alpha value is -0.140. The van der Waals surface area contributed by atoms with Crippen LogP contribution in [0.2, 0.25) is 0 Å². The third kappa shape index (κ3) is 13.9. The van der Waals surface area contributed by atoms with Gasteiger partial charge in [-0.15, -0.1) is 0 Å². The molecule has 0 N–H and O–H groups in total. The molecule has 0 aromatic heterocycles. The minimum absolute atomic E-state index is 0.154. The van der Waals surface area contributed by atoms with E-state index in [4.69, 9.17) is 0 Å². The van der Waals surface area contributed by atoms with Crippen LogP contribution in [-0.4, -0.2) is 13.3 Å². The quantitative estimate of drug-likeness (QED) is 0.363. The second kappa shape index (κ2) is 14.9. The van der Waals surface area contributed by atoms with Crippen molar-refractivity contribution in [2.45, 2.75) is 77.0 Å². The molecule has 0 bridgehead atoms. The van der Waals surface area contributed by atoms with Crippen LogP contribution in [0.25, 0.3) is 0 Å². The average molecular weight is 234 g/mol. The highest BCUT2D eigenvalue weighted by Gasteiger charge is 1.93. The number of halogens is 2. The second-order valence-electron chi connectivity index (χ2n) is 4.62. The van der Waals surface area contributed by atoms with Crippen molar-refractivity contribution < 1.29 is 8.78 Å². The molecule has 0 aliphatic carbocycles. The van der Waals surface area contributed by atoms with Gasteiger partial charge in [-0.05, 0) is 12.8 Å². The normalized spacial score (nSPS) is 10.9. The summed E-state index contributed by atoms with van der Waals surface area (Å²) in [7, 11) is 0. The summed E-state index contributed by atoms with van der Waals surface area (Å²) in [5, 5.41) is 0. The first kappa shape index (κ1) is 15.9. The third-order valence-corrected chi connectivity index (χ3v) is 3.02. The van der Waals surface area contributed by atoms with Gasteiger partial charge in [0.15, 0.2) is 0 Å². The molecule has 0 saturated carbocycles. The van der Waals surface area contributed by atoms with Crippen molar-refractivity contribution >= 4 is 0 Å². The molecule has 0 heterocycles. The van der Waals surface area contributed by atoms with Gasteiger partial charge in [-0.2, -0.15) is 0 Å². The molecular formula is C14H28F2. The second-order valence-corrected chi connectivity index (χ2v) is 4.62. The smallest absolute Gasteiger partial charge is 0.0894 e. The van der Waals surface area contributed by atoms with Crippen LogP contribution < -0.4 is 0 Å². The molecule has 2 heteroatoms. The van der Waals surface area contributed by atoms with Gasteiger partial charge < -0.3 is 0 Å². The van der Waals surface area contributed by atoms with Crippen LogP contribution in [0.1, 0.15) is 77.0 Å². The van der Waals surface area contributed by atoms with Crippen molar-refractivity contribution in [3.05, 3.63) is 0 Å². The van der Waals surface area contributed by atoms with Gasteiger partial charge in [-0.25, -0.2) is 0 Å². The summed E-state index contributed by atoms with van der Waals surface area (Å²) in [4.78, 5) is 0. The molecule has 98 valence electrons. The van der Waals surface area contributed by atoms with Crippen molar-refractivity contribution in [3.8, 4) is 0 Å². The van der Waals surface area contributed by atoms with Crippen LogP contribution in [-0.2, 0) is 0 Å². The van der Waals surface area contributed by atoms with Crippen LogP contribution in [0, 0.1) is 0 Å². The van der Waals surface area contributed by atoms with E-state index in [9.17, 15) is 8.78 Å². The van der Waals surface area contributed by atoms with Gasteiger partial charge in [0.1, 0.15) is 0 Å². The van der Waals surface area contributed by atoms with E-state index in [0.29, 0.717) is 0 Å². The molecule has 0 aromatic rings. The van der Waals surface area contributed by atoms with E-state index in [1.165, 1.54) is 51.4 Å². The Morgan fingerprint density at radius 3 is 0.688 bits per heavy atom. The maximum atomic E-state index is 11.8. The minimum Gasteiger partial charge on any atom is -0.251 e. The monoisotopic (exact) mass is 234 g/mol. The summed E-state index contributed by atoms with van der Waals surface area (Å²) in [6.45, 7) is -0.308. The van der Waals surface area contributed by atoms with Gasteiger partial charge in [-0.3, -0.25) is 8.78 Å². The Kier molecular flexibility index (Phi) is 14.7. The zero-order valence-electron chi connectivity index (χ0n) is 10.7. The first-order valence-electron chi connectivity index (χ1n) is 7.03. The highest BCUT2D eigenvalue weighted by atomic mass is 19.1. The van der Waals surface area contributed by atoms with Gasteiger partial charge in [-0.1, -0.05) is 64.2 Å². The van der Waals surface area contributed by atoms with Crippen LogP contribution in [0.15, 0.2) is 0 Å². The molecule has 0 amide bonds. The zero-order chi connectivity index (χ0) is 11.9. The Morgan fingerprint density at radius 1 is 0.312 bits per heavy atom. The zero-order valence-corrected chi connectivity index (χ0v) is 10.7. The lowest BCUT2D eigenvalue weighted by Crippen LogP contribution is -1.83. The summed E-state index contributed by atoms with van der Waals surface area (Å²) in [6.07, 6.45) is 13.8. The SMILES string of the molecule is FCCCCCCCCCCCCCCF.